The lowest BCUT2D eigenvalue weighted by atomic mass is 9.97. The minimum absolute atomic E-state index is 0.122. The fraction of sp³-hybridized carbons (Fsp3) is 0.647. The van der Waals surface area contributed by atoms with E-state index in [1.54, 1.807) is 18.2 Å². The largest absolute Gasteiger partial charge is 0.316 e. The molecule has 0 aromatic heterocycles. The van der Waals surface area contributed by atoms with Gasteiger partial charge in [0.15, 0.2) is 0 Å². The standard InChI is InChI=1S/C17H26F2N2/c1-2-10-20-12-15-7-6-11-21(13-15)14-17(18,19)16-8-4-3-5-9-16/h3-5,8-9,15,20H,2,6-7,10-14H2,1H3. The minimum Gasteiger partial charge on any atom is -0.316 e. The van der Waals surface area contributed by atoms with Crippen LogP contribution in [-0.2, 0) is 5.92 Å². The summed E-state index contributed by atoms with van der Waals surface area (Å²) in [7, 11) is 0. The summed E-state index contributed by atoms with van der Waals surface area (Å²) in [5.74, 6) is -2.27. The van der Waals surface area contributed by atoms with Gasteiger partial charge in [-0.2, -0.15) is 8.78 Å². The molecule has 1 aliphatic rings. The molecule has 1 aliphatic heterocycles. The number of nitrogens with one attached hydrogen (secondary N) is 1. The molecule has 1 aromatic rings. The fourth-order valence-electron chi connectivity index (χ4n) is 3.00. The van der Waals surface area contributed by atoms with Gasteiger partial charge in [-0.3, -0.25) is 4.90 Å². The van der Waals surface area contributed by atoms with Crippen LogP contribution in [0.1, 0.15) is 31.7 Å². The number of rotatable bonds is 7. The predicted octanol–water partition coefficient (Wildman–Crippen LogP) is 3.49. The van der Waals surface area contributed by atoms with Crippen molar-refractivity contribution in [1.82, 2.24) is 10.2 Å². The van der Waals surface area contributed by atoms with Crippen molar-refractivity contribution in [3.8, 4) is 0 Å². The van der Waals surface area contributed by atoms with Crippen LogP contribution >= 0.6 is 0 Å². The molecule has 118 valence electrons. The Kier molecular flexibility index (Phi) is 6.12. The number of halogens is 2. The second kappa shape index (κ2) is 7.85. The summed E-state index contributed by atoms with van der Waals surface area (Å²) in [4.78, 5) is 1.93. The van der Waals surface area contributed by atoms with E-state index in [1.165, 1.54) is 12.1 Å². The first kappa shape index (κ1) is 16.4. The molecule has 0 radical (unpaired) electrons. The molecule has 1 unspecified atom stereocenters. The Hall–Kier alpha value is -1.00. The second-order valence-corrected chi connectivity index (χ2v) is 6.02. The van der Waals surface area contributed by atoms with Crippen LogP contribution in [-0.4, -0.2) is 37.6 Å². The molecule has 0 bridgehead atoms. The summed E-state index contributed by atoms with van der Waals surface area (Å²) in [5, 5.41) is 3.41. The summed E-state index contributed by atoms with van der Waals surface area (Å²) >= 11 is 0. The molecular formula is C17H26F2N2. The molecule has 0 amide bonds. The Morgan fingerprint density at radius 3 is 2.76 bits per heavy atom. The molecule has 1 heterocycles. The van der Waals surface area contributed by atoms with Gasteiger partial charge in [0.25, 0.3) is 5.92 Å². The topological polar surface area (TPSA) is 15.3 Å². The molecule has 0 saturated carbocycles. The molecule has 1 N–H and O–H groups in total. The lowest BCUT2D eigenvalue weighted by Gasteiger charge is -2.35. The Balaban J connectivity index is 1.87. The lowest BCUT2D eigenvalue weighted by Crippen LogP contribution is -2.44. The van der Waals surface area contributed by atoms with Gasteiger partial charge in [-0.25, -0.2) is 0 Å². The molecule has 1 aromatic carbocycles. The van der Waals surface area contributed by atoms with Crippen molar-refractivity contribution < 1.29 is 8.78 Å². The number of hydrogen-bond acceptors (Lipinski definition) is 2. The van der Waals surface area contributed by atoms with Gasteiger partial charge in [0, 0.05) is 12.1 Å². The van der Waals surface area contributed by atoms with Gasteiger partial charge in [0.05, 0.1) is 6.54 Å². The first-order chi connectivity index (χ1) is 10.1. The zero-order valence-electron chi connectivity index (χ0n) is 12.8. The van der Waals surface area contributed by atoms with Crippen LogP contribution < -0.4 is 5.32 Å². The van der Waals surface area contributed by atoms with E-state index in [0.717, 1.165) is 45.4 Å². The fourth-order valence-corrected chi connectivity index (χ4v) is 3.00. The first-order valence-corrected chi connectivity index (χ1v) is 7.98. The van der Waals surface area contributed by atoms with Crippen molar-refractivity contribution in [2.24, 2.45) is 5.92 Å². The summed E-state index contributed by atoms with van der Waals surface area (Å²) in [6.45, 7) is 5.49. The Labute approximate surface area is 126 Å². The van der Waals surface area contributed by atoms with E-state index in [2.05, 4.69) is 12.2 Å². The summed E-state index contributed by atoms with van der Waals surface area (Å²) in [6.07, 6.45) is 3.27. The third-order valence-electron chi connectivity index (χ3n) is 4.08. The van der Waals surface area contributed by atoms with E-state index < -0.39 is 5.92 Å². The molecule has 1 saturated heterocycles. The van der Waals surface area contributed by atoms with E-state index in [1.807, 2.05) is 4.90 Å². The van der Waals surface area contributed by atoms with Crippen molar-refractivity contribution in [1.29, 1.82) is 0 Å². The van der Waals surface area contributed by atoms with Crippen LogP contribution in [0.3, 0.4) is 0 Å². The molecular weight excluding hydrogens is 270 g/mol. The highest BCUT2D eigenvalue weighted by Crippen LogP contribution is 2.30. The normalized spacial score (nSPS) is 20.6. The van der Waals surface area contributed by atoms with Gasteiger partial charge in [-0.05, 0) is 44.8 Å². The monoisotopic (exact) mass is 296 g/mol. The number of benzene rings is 1. The third kappa shape index (κ3) is 5.04. The van der Waals surface area contributed by atoms with Crippen molar-refractivity contribution in [2.45, 2.75) is 32.1 Å². The Morgan fingerprint density at radius 1 is 1.29 bits per heavy atom. The van der Waals surface area contributed by atoms with Crippen molar-refractivity contribution in [3.05, 3.63) is 35.9 Å². The quantitative estimate of drug-likeness (QED) is 0.775. The number of alkyl halides is 2. The number of likely N-dealkylation sites (tertiary alicyclic amines) is 1. The summed E-state index contributed by atoms with van der Waals surface area (Å²) < 4.78 is 28.6. The van der Waals surface area contributed by atoms with Crippen LogP contribution in [0.15, 0.2) is 30.3 Å². The maximum atomic E-state index is 14.3. The van der Waals surface area contributed by atoms with E-state index in [-0.39, 0.29) is 12.1 Å². The average molecular weight is 296 g/mol. The number of nitrogens with zero attached hydrogens (tertiary/aromatic N) is 1. The molecule has 1 atom stereocenters. The number of piperidine rings is 1. The second-order valence-electron chi connectivity index (χ2n) is 6.02. The Morgan fingerprint density at radius 2 is 2.05 bits per heavy atom. The highest BCUT2D eigenvalue weighted by Gasteiger charge is 2.35. The lowest BCUT2D eigenvalue weighted by molar-refractivity contribution is -0.0462. The highest BCUT2D eigenvalue weighted by atomic mass is 19.3. The minimum atomic E-state index is -2.76. The Bertz CT molecular complexity index is 409. The van der Waals surface area contributed by atoms with Gasteiger partial charge in [-0.15, -0.1) is 0 Å². The van der Waals surface area contributed by atoms with Crippen LogP contribution in [0.25, 0.3) is 0 Å². The van der Waals surface area contributed by atoms with Crippen molar-refractivity contribution in [2.75, 3.05) is 32.7 Å². The SMILES string of the molecule is CCCNCC1CCCN(CC(F)(F)c2ccccc2)C1. The van der Waals surface area contributed by atoms with Crippen molar-refractivity contribution in [3.63, 3.8) is 0 Å². The van der Waals surface area contributed by atoms with Gasteiger partial charge in [-0.1, -0.05) is 37.3 Å². The molecule has 0 aliphatic carbocycles. The first-order valence-electron chi connectivity index (χ1n) is 7.98. The molecule has 0 spiro atoms. The van der Waals surface area contributed by atoms with E-state index in [9.17, 15) is 8.78 Å². The highest BCUT2D eigenvalue weighted by molar-refractivity contribution is 5.20. The van der Waals surface area contributed by atoms with Gasteiger partial charge >= 0.3 is 0 Å². The number of hydrogen-bond donors (Lipinski definition) is 1. The van der Waals surface area contributed by atoms with Crippen molar-refractivity contribution >= 4 is 0 Å². The van der Waals surface area contributed by atoms with E-state index in [4.69, 9.17) is 0 Å². The molecule has 21 heavy (non-hydrogen) atoms. The van der Waals surface area contributed by atoms with Crippen LogP contribution in [0.5, 0.6) is 0 Å². The van der Waals surface area contributed by atoms with E-state index >= 15 is 0 Å². The van der Waals surface area contributed by atoms with Gasteiger partial charge in [0.2, 0.25) is 0 Å². The van der Waals surface area contributed by atoms with Gasteiger partial charge < -0.3 is 5.32 Å². The van der Waals surface area contributed by atoms with Crippen LogP contribution in [0, 0.1) is 5.92 Å². The smallest absolute Gasteiger partial charge is 0.285 e. The maximum Gasteiger partial charge on any atom is 0.285 e. The predicted molar refractivity (Wildman–Crippen MR) is 82.7 cm³/mol. The zero-order valence-corrected chi connectivity index (χ0v) is 12.8. The molecule has 2 nitrogen and oxygen atoms in total. The van der Waals surface area contributed by atoms with Gasteiger partial charge in [0.1, 0.15) is 0 Å². The zero-order chi connectivity index (χ0) is 15.1. The summed E-state index contributed by atoms with van der Waals surface area (Å²) in [6, 6.07) is 8.16. The third-order valence-corrected chi connectivity index (χ3v) is 4.08. The molecule has 2 rings (SSSR count). The average Bonchev–Trinajstić information content (AvgIpc) is 2.48. The molecule has 1 fully saturated rings. The van der Waals surface area contributed by atoms with Crippen LogP contribution in [0.4, 0.5) is 8.78 Å². The van der Waals surface area contributed by atoms with Crippen LogP contribution in [0.2, 0.25) is 0 Å². The molecule has 4 heteroatoms. The van der Waals surface area contributed by atoms with E-state index in [0.29, 0.717) is 5.92 Å². The maximum absolute atomic E-state index is 14.3. The summed E-state index contributed by atoms with van der Waals surface area (Å²) in [5.41, 5.74) is 0.122.